The Morgan fingerprint density at radius 1 is 1.20 bits per heavy atom. The standard InChI is InChI=1S/C17H17N5O3/c1-21(11-3-6-13(25-2)7-4-11)17-14-9-12(22(23)24)5-8-15(14)19-16(10-18)20-17/h3-9H,10,18H2,1-2H3. The van der Waals surface area contributed by atoms with Crippen molar-refractivity contribution in [2.24, 2.45) is 5.73 Å². The molecule has 0 saturated heterocycles. The van der Waals surface area contributed by atoms with Gasteiger partial charge in [-0.25, -0.2) is 9.97 Å². The van der Waals surface area contributed by atoms with Crippen LogP contribution in [0, 0.1) is 10.1 Å². The van der Waals surface area contributed by atoms with Gasteiger partial charge in [0, 0.05) is 24.9 Å². The van der Waals surface area contributed by atoms with Crippen molar-refractivity contribution < 1.29 is 9.66 Å². The lowest BCUT2D eigenvalue weighted by atomic mass is 10.2. The van der Waals surface area contributed by atoms with Gasteiger partial charge in [0.05, 0.1) is 29.5 Å². The van der Waals surface area contributed by atoms with Crippen molar-refractivity contribution in [2.45, 2.75) is 6.54 Å². The summed E-state index contributed by atoms with van der Waals surface area (Å²) in [5.74, 6) is 1.76. The summed E-state index contributed by atoms with van der Waals surface area (Å²) < 4.78 is 5.17. The van der Waals surface area contributed by atoms with Gasteiger partial charge in [0.2, 0.25) is 0 Å². The molecule has 1 aromatic heterocycles. The van der Waals surface area contributed by atoms with Gasteiger partial charge in [0.25, 0.3) is 5.69 Å². The summed E-state index contributed by atoms with van der Waals surface area (Å²) >= 11 is 0. The minimum absolute atomic E-state index is 0.0130. The maximum atomic E-state index is 11.1. The number of nitro groups is 1. The quantitative estimate of drug-likeness (QED) is 0.562. The van der Waals surface area contributed by atoms with Gasteiger partial charge in [-0.05, 0) is 30.3 Å². The number of benzene rings is 2. The van der Waals surface area contributed by atoms with Gasteiger partial charge in [0.1, 0.15) is 17.4 Å². The highest BCUT2D eigenvalue weighted by atomic mass is 16.6. The van der Waals surface area contributed by atoms with Gasteiger partial charge in [-0.15, -0.1) is 0 Å². The second kappa shape index (κ2) is 6.70. The number of non-ortho nitro benzene ring substituents is 1. The van der Waals surface area contributed by atoms with E-state index in [0.717, 1.165) is 11.4 Å². The molecule has 0 unspecified atom stereocenters. The van der Waals surface area contributed by atoms with E-state index in [1.165, 1.54) is 12.1 Å². The topological polar surface area (TPSA) is 107 Å². The Hall–Kier alpha value is -3.26. The highest BCUT2D eigenvalue weighted by molar-refractivity contribution is 5.93. The molecule has 128 valence electrons. The fourth-order valence-corrected chi connectivity index (χ4v) is 2.54. The van der Waals surface area contributed by atoms with E-state index >= 15 is 0 Å². The van der Waals surface area contributed by atoms with Crippen LogP contribution in [-0.2, 0) is 6.54 Å². The predicted molar refractivity (Wildman–Crippen MR) is 95.1 cm³/mol. The number of fused-ring (bicyclic) bond motifs is 1. The molecule has 0 amide bonds. The Morgan fingerprint density at radius 3 is 2.52 bits per heavy atom. The summed E-state index contributed by atoms with van der Waals surface area (Å²) in [5.41, 5.74) is 7.15. The van der Waals surface area contributed by atoms with E-state index in [-0.39, 0.29) is 12.2 Å². The normalized spacial score (nSPS) is 10.7. The largest absolute Gasteiger partial charge is 0.497 e. The fraction of sp³-hybridized carbons (Fsp3) is 0.176. The van der Waals surface area contributed by atoms with E-state index < -0.39 is 4.92 Å². The van der Waals surface area contributed by atoms with Gasteiger partial charge in [-0.1, -0.05) is 0 Å². The molecular formula is C17H17N5O3. The van der Waals surface area contributed by atoms with Crippen LogP contribution in [0.4, 0.5) is 17.2 Å². The Kier molecular flexibility index (Phi) is 4.44. The molecule has 0 spiro atoms. The van der Waals surface area contributed by atoms with Gasteiger partial charge < -0.3 is 15.4 Å². The number of ether oxygens (including phenoxy) is 1. The maximum Gasteiger partial charge on any atom is 0.270 e. The van der Waals surface area contributed by atoms with Crippen LogP contribution in [0.1, 0.15) is 5.82 Å². The van der Waals surface area contributed by atoms with Crippen molar-refractivity contribution in [3.05, 3.63) is 58.4 Å². The van der Waals surface area contributed by atoms with Crippen LogP contribution in [0.3, 0.4) is 0 Å². The summed E-state index contributed by atoms with van der Waals surface area (Å²) in [4.78, 5) is 21.3. The Morgan fingerprint density at radius 2 is 1.92 bits per heavy atom. The Balaban J connectivity index is 2.16. The molecule has 0 fully saturated rings. The molecule has 0 aliphatic heterocycles. The molecule has 1 heterocycles. The first kappa shape index (κ1) is 16.6. The molecule has 0 atom stereocenters. The molecule has 8 heteroatoms. The van der Waals surface area contributed by atoms with Crippen LogP contribution in [0.15, 0.2) is 42.5 Å². The van der Waals surface area contributed by atoms with E-state index in [4.69, 9.17) is 10.5 Å². The number of rotatable bonds is 5. The lowest BCUT2D eigenvalue weighted by molar-refractivity contribution is -0.384. The number of hydrogen-bond acceptors (Lipinski definition) is 7. The average Bonchev–Trinajstić information content (AvgIpc) is 2.66. The van der Waals surface area contributed by atoms with Crippen LogP contribution in [0.25, 0.3) is 10.9 Å². The third-order valence-electron chi connectivity index (χ3n) is 3.88. The molecule has 2 aromatic carbocycles. The summed E-state index contributed by atoms with van der Waals surface area (Å²) in [7, 11) is 3.44. The van der Waals surface area contributed by atoms with E-state index in [2.05, 4.69) is 9.97 Å². The molecule has 0 aliphatic rings. The lowest BCUT2D eigenvalue weighted by Gasteiger charge is -2.21. The number of nitrogens with two attached hydrogens (primary N) is 1. The first-order chi connectivity index (χ1) is 12.0. The lowest BCUT2D eigenvalue weighted by Crippen LogP contribution is -2.15. The summed E-state index contributed by atoms with van der Waals surface area (Å²) in [6.07, 6.45) is 0. The highest BCUT2D eigenvalue weighted by Crippen LogP contribution is 2.31. The summed E-state index contributed by atoms with van der Waals surface area (Å²) in [6, 6.07) is 11.9. The summed E-state index contributed by atoms with van der Waals surface area (Å²) in [6.45, 7) is 0.177. The van der Waals surface area contributed by atoms with Crippen molar-refractivity contribution in [1.29, 1.82) is 0 Å². The third kappa shape index (κ3) is 3.20. The van der Waals surface area contributed by atoms with Crippen molar-refractivity contribution >= 4 is 28.1 Å². The molecule has 0 bridgehead atoms. The Labute approximate surface area is 144 Å². The zero-order valence-corrected chi connectivity index (χ0v) is 13.8. The molecule has 8 nitrogen and oxygen atoms in total. The van der Waals surface area contributed by atoms with Crippen molar-refractivity contribution in [1.82, 2.24) is 9.97 Å². The molecule has 25 heavy (non-hydrogen) atoms. The summed E-state index contributed by atoms with van der Waals surface area (Å²) in [5, 5.41) is 11.7. The number of anilines is 2. The van der Waals surface area contributed by atoms with Crippen molar-refractivity contribution in [3.8, 4) is 5.75 Å². The highest BCUT2D eigenvalue weighted by Gasteiger charge is 2.16. The number of hydrogen-bond donors (Lipinski definition) is 1. The molecule has 0 aliphatic carbocycles. The SMILES string of the molecule is COc1ccc(N(C)c2nc(CN)nc3ccc([N+](=O)[O-])cc23)cc1. The van der Waals surface area contributed by atoms with E-state index in [1.54, 1.807) is 13.2 Å². The van der Waals surface area contributed by atoms with Gasteiger partial charge >= 0.3 is 0 Å². The zero-order chi connectivity index (χ0) is 18.0. The molecule has 2 N–H and O–H groups in total. The van der Waals surface area contributed by atoms with Gasteiger partial charge in [-0.2, -0.15) is 0 Å². The van der Waals surface area contributed by atoms with Crippen LogP contribution in [0.2, 0.25) is 0 Å². The number of aromatic nitrogens is 2. The van der Waals surface area contributed by atoms with Crippen LogP contribution in [0.5, 0.6) is 5.75 Å². The van der Waals surface area contributed by atoms with Crippen molar-refractivity contribution in [2.75, 3.05) is 19.1 Å². The predicted octanol–water partition coefficient (Wildman–Crippen LogP) is 2.77. The average molecular weight is 339 g/mol. The second-order valence-corrected chi connectivity index (χ2v) is 5.38. The second-order valence-electron chi connectivity index (χ2n) is 5.38. The number of nitro benzene ring substituents is 1. The smallest absolute Gasteiger partial charge is 0.270 e. The van der Waals surface area contributed by atoms with Gasteiger partial charge in [0.15, 0.2) is 0 Å². The van der Waals surface area contributed by atoms with Gasteiger partial charge in [-0.3, -0.25) is 10.1 Å². The van der Waals surface area contributed by atoms with Crippen molar-refractivity contribution in [3.63, 3.8) is 0 Å². The van der Waals surface area contributed by atoms with Crippen LogP contribution < -0.4 is 15.4 Å². The minimum Gasteiger partial charge on any atom is -0.497 e. The first-order valence-corrected chi connectivity index (χ1v) is 7.56. The van der Waals surface area contributed by atoms with E-state index in [0.29, 0.717) is 22.5 Å². The molecular weight excluding hydrogens is 322 g/mol. The molecule has 3 rings (SSSR count). The van der Waals surface area contributed by atoms with E-state index in [1.807, 2.05) is 36.2 Å². The molecule has 0 radical (unpaired) electrons. The third-order valence-corrected chi connectivity index (χ3v) is 3.88. The maximum absolute atomic E-state index is 11.1. The number of nitrogens with zero attached hydrogens (tertiary/aromatic N) is 4. The minimum atomic E-state index is -0.437. The molecule has 0 saturated carbocycles. The van der Waals surface area contributed by atoms with Crippen LogP contribution >= 0.6 is 0 Å². The Bertz CT molecular complexity index is 927. The number of methoxy groups -OCH3 is 1. The van der Waals surface area contributed by atoms with Crippen LogP contribution in [-0.4, -0.2) is 29.0 Å². The monoisotopic (exact) mass is 339 g/mol. The first-order valence-electron chi connectivity index (χ1n) is 7.56. The van der Waals surface area contributed by atoms with E-state index in [9.17, 15) is 10.1 Å². The zero-order valence-electron chi connectivity index (χ0n) is 13.8. The fourth-order valence-electron chi connectivity index (χ4n) is 2.54. The molecule has 3 aromatic rings.